The summed E-state index contributed by atoms with van der Waals surface area (Å²) in [6, 6.07) is 17.9. The number of hydrogen-bond acceptors (Lipinski definition) is 4. The molecule has 30 heavy (non-hydrogen) atoms. The van der Waals surface area contributed by atoms with Gasteiger partial charge in [0.15, 0.2) is 0 Å². The third-order valence-corrected chi connectivity index (χ3v) is 6.04. The fourth-order valence-electron chi connectivity index (χ4n) is 4.16. The highest BCUT2D eigenvalue weighted by molar-refractivity contribution is 6.07. The molecule has 4 amide bonds. The van der Waals surface area contributed by atoms with Crippen molar-refractivity contribution in [1.29, 1.82) is 0 Å². The number of nitrogens with zero attached hydrogens (tertiary/aromatic N) is 2. The summed E-state index contributed by atoms with van der Waals surface area (Å²) >= 11 is 0. The molecular weight excluding hydrogens is 380 g/mol. The molecule has 2 aromatic carbocycles. The lowest BCUT2D eigenvalue weighted by atomic mass is 9.85. The van der Waals surface area contributed by atoms with Crippen molar-refractivity contribution in [2.75, 3.05) is 13.1 Å². The summed E-state index contributed by atoms with van der Waals surface area (Å²) in [6.45, 7) is 4.89. The minimum Gasteiger partial charge on any atom is -0.322 e. The SMILES string of the molecule is CC[C@@]1(C)NC(=O)N(NC(=O)CN2Cc3ccccc3[C@@H](c3ccccc3)C2)C1=O. The van der Waals surface area contributed by atoms with Crippen LogP contribution in [0.3, 0.4) is 0 Å². The van der Waals surface area contributed by atoms with Gasteiger partial charge in [0.2, 0.25) is 0 Å². The molecule has 2 atom stereocenters. The minimum absolute atomic E-state index is 0.0948. The zero-order valence-electron chi connectivity index (χ0n) is 17.2. The predicted molar refractivity (Wildman–Crippen MR) is 112 cm³/mol. The fourth-order valence-corrected chi connectivity index (χ4v) is 4.16. The van der Waals surface area contributed by atoms with Gasteiger partial charge in [-0.25, -0.2) is 4.79 Å². The van der Waals surface area contributed by atoms with Crippen molar-refractivity contribution in [1.82, 2.24) is 20.7 Å². The van der Waals surface area contributed by atoms with Crippen LogP contribution in [0.25, 0.3) is 0 Å². The monoisotopic (exact) mass is 406 g/mol. The molecule has 0 aromatic heterocycles. The highest BCUT2D eigenvalue weighted by atomic mass is 16.2. The van der Waals surface area contributed by atoms with Gasteiger partial charge in [-0.05, 0) is 30.0 Å². The van der Waals surface area contributed by atoms with Gasteiger partial charge in [0.05, 0.1) is 6.54 Å². The summed E-state index contributed by atoms with van der Waals surface area (Å²) in [5.74, 6) is -0.663. The van der Waals surface area contributed by atoms with E-state index in [1.54, 1.807) is 6.92 Å². The van der Waals surface area contributed by atoms with Gasteiger partial charge >= 0.3 is 6.03 Å². The van der Waals surface area contributed by atoms with Crippen molar-refractivity contribution >= 4 is 17.8 Å². The fraction of sp³-hybridized carbons (Fsp3) is 0.348. The van der Waals surface area contributed by atoms with E-state index in [1.165, 1.54) is 16.7 Å². The van der Waals surface area contributed by atoms with Crippen LogP contribution in [0.5, 0.6) is 0 Å². The highest BCUT2D eigenvalue weighted by Gasteiger charge is 2.47. The number of rotatable bonds is 5. The van der Waals surface area contributed by atoms with E-state index in [-0.39, 0.29) is 18.4 Å². The van der Waals surface area contributed by atoms with Gasteiger partial charge in [0.25, 0.3) is 11.8 Å². The maximum atomic E-state index is 12.7. The molecule has 7 heteroatoms. The van der Waals surface area contributed by atoms with E-state index in [0.29, 0.717) is 19.5 Å². The van der Waals surface area contributed by atoms with Crippen molar-refractivity contribution in [3.05, 3.63) is 71.3 Å². The number of benzene rings is 2. The Morgan fingerprint density at radius 1 is 1.13 bits per heavy atom. The van der Waals surface area contributed by atoms with Crippen LogP contribution in [0, 0.1) is 0 Å². The Morgan fingerprint density at radius 3 is 2.53 bits per heavy atom. The van der Waals surface area contributed by atoms with Gasteiger partial charge < -0.3 is 5.32 Å². The third kappa shape index (κ3) is 3.68. The Bertz CT molecular complexity index is 977. The predicted octanol–water partition coefficient (Wildman–Crippen LogP) is 2.39. The van der Waals surface area contributed by atoms with Crippen LogP contribution in [-0.2, 0) is 16.1 Å². The largest absolute Gasteiger partial charge is 0.344 e. The summed E-state index contributed by atoms with van der Waals surface area (Å²) in [7, 11) is 0. The van der Waals surface area contributed by atoms with Crippen LogP contribution in [0.2, 0.25) is 0 Å². The van der Waals surface area contributed by atoms with Crippen molar-refractivity contribution in [3.63, 3.8) is 0 Å². The molecule has 2 heterocycles. The van der Waals surface area contributed by atoms with Gasteiger partial charge in [-0.15, -0.1) is 0 Å². The quantitative estimate of drug-likeness (QED) is 0.747. The summed E-state index contributed by atoms with van der Waals surface area (Å²) in [5, 5.41) is 3.44. The number of amides is 4. The molecule has 2 aliphatic rings. The Hall–Kier alpha value is -3.19. The van der Waals surface area contributed by atoms with Gasteiger partial charge in [-0.2, -0.15) is 5.01 Å². The summed E-state index contributed by atoms with van der Waals surface area (Å²) in [4.78, 5) is 39.4. The number of fused-ring (bicyclic) bond motifs is 1. The molecular formula is C23H26N4O3. The Kier molecular flexibility index (Phi) is 5.30. The molecule has 7 nitrogen and oxygen atoms in total. The number of hydrogen-bond donors (Lipinski definition) is 2. The van der Waals surface area contributed by atoms with Crippen LogP contribution < -0.4 is 10.7 Å². The first-order valence-electron chi connectivity index (χ1n) is 10.2. The molecule has 0 radical (unpaired) electrons. The Labute approximate surface area is 176 Å². The molecule has 1 fully saturated rings. The van der Waals surface area contributed by atoms with Crippen molar-refractivity contribution in [2.45, 2.75) is 38.3 Å². The molecule has 0 bridgehead atoms. The number of imide groups is 1. The Morgan fingerprint density at radius 2 is 1.83 bits per heavy atom. The normalized spacial score (nSPS) is 23.8. The standard InChI is InChI=1S/C23H26N4O3/c1-3-23(2)21(29)27(22(30)24-23)25-20(28)15-26-13-17-11-7-8-12-18(17)19(14-26)16-9-5-4-6-10-16/h4-12,19H,3,13-15H2,1-2H3,(H,24,30)(H,25,28)/t19-,23-/m1/s1. The minimum atomic E-state index is -0.979. The van der Waals surface area contributed by atoms with Gasteiger partial charge in [-0.1, -0.05) is 61.5 Å². The third-order valence-electron chi connectivity index (χ3n) is 6.04. The number of carbonyl (C=O) groups is 3. The maximum absolute atomic E-state index is 12.7. The summed E-state index contributed by atoms with van der Waals surface area (Å²) in [6.07, 6.45) is 0.450. The van der Waals surface area contributed by atoms with Gasteiger partial charge in [-0.3, -0.25) is 19.9 Å². The summed E-state index contributed by atoms with van der Waals surface area (Å²) in [5.41, 5.74) is 5.15. The van der Waals surface area contributed by atoms with E-state index in [4.69, 9.17) is 0 Å². The molecule has 2 aliphatic heterocycles. The van der Waals surface area contributed by atoms with Crippen LogP contribution >= 0.6 is 0 Å². The van der Waals surface area contributed by atoms with E-state index < -0.39 is 17.5 Å². The van der Waals surface area contributed by atoms with Crippen LogP contribution in [0.4, 0.5) is 4.79 Å². The van der Waals surface area contributed by atoms with Crippen molar-refractivity contribution < 1.29 is 14.4 Å². The number of carbonyl (C=O) groups excluding carboxylic acids is 3. The lowest BCUT2D eigenvalue weighted by molar-refractivity contribution is -0.139. The zero-order chi connectivity index (χ0) is 21.3. The van der Waals surface area contributed by atoms with E-state index >= 15 is 0 Å². The average molecular weight is 406 g/mol. The second-order valence-electron chi connectivity index (χ2n) is 8.12. The summed E-state index contributed by atoms with van der Waals surface area (Å²) < 4.78 is 0. The maximum Gasteiger partial charge on any atom is 0.344 e. The number of urea groups is 1. The molecule has 0 saturated carbocycles. The molecule has 4 rings (SSSR count). The Balaban J connectivity index is 1.48. The van der Waals surface area contributed by atoms with Gasteiger partial charge in [0.1, 0.15) is 5.54 Å². The van der Waals surface area contributed by atoms with E-state index in [1.807, 2.05) is 42.2 Å². The molecule has 1 saturated heterocycles. The van der Waals surface area contributed by atoms with Crippen molar-refractivity contribution in [2.24, 2.45) is 0 Å². The van der Waals surface area contributed by atoms with Crippen molar-refractivity contribution in [3.8, 4) is 0 Å². The lowest BCUT2D eigenvalue weighted by Gasteiger charge is -2.34. The molecule has 156 valence electrons. The van der Waals surface area contributed by atoms with E-state index in [0.717, 1.165) is 5.01 Å². The van der Waals surface area contributed by atoms with E-state index in [2.05, 4.69) is 35.0 Å². The zero-order valence-corrected chi connectivity index (χ0v) is 17.2. The van der Waals surface area contributed by atoms with E-state index in [9.17, 15) is 14.4 Å². The number of nitrogens with one attached hydrogen (secondary N) is 2. The van der Waals surface area contributed by atoms with Crippen LogP contribution in [0.15, 0.2) is 54.6 Å². The second-order valence-corrected chi connectivity index (χ2v) is 8.12. The highest BCUT2D eigenvalue weighted by Crippen LogP contribution is 2.33. The second kappa shape index (κ2) is 7.91. The first kappa shape index (κ1) is 20.1. The molecule has 2 aromatic rings. The molecule has 0 unspecified atom stereocenters. The topological polar surface area (TPSA) is 81.8 Å². The van der Waals surface area contributed by atoms with Crippen LogP contribution in [-0.4, -0.2) is 46.4 Å². The molecule has 0 aliphatic carbocycles. The van der Waals surface area contributed by atoms with Gasteiger partial charge in [0, 0.05) is 19.0 Å². The first-order chi connectivity index (χ1) is 14.4. The molecule has 0 spiro atoms. The van der Waals surface area contributed by atoms with Crippen LogP contribution in [0.1, 0.15) is 42.9 Å². The number of hydrazine groups is 1. The molecule has 2 N–H and O–H groups in total. The lowest BCUT2D eigenvalue weighted by Crippen LogP contribution is -2.51. The smallest absolute Gasteiger partial charge is 0.322 e. The average Bonchev–Trinajstić information content (AvgIpc) is 2.97. The first-order valence-corrected chi connectivity index (χ1v) is 10.2.